The highest BCUT2D eigenvalue weighted by Crippen LogP contribution is 2.29. The number of hydrogen-bond acceptors (Lipinski definition) is 4. The van der Waals surface area contributed by atoms with Crippen molar-refractivity contribution in [3.8, 4) is 0 Å². The second-order valence-electron chi connectivity index (χ2n) is 6.48. The Bertz CT molecular complexity index is 895. The number of hydrogen-bond donors (Lipinski definition) is 2. The van der Waals surface area contributed by atoms with Crippen LogP contribution < -0.4 is 15.4 Å². The zero-order chi connectivity index (χ0) is 18.7. The number of carbonyl (C=O) groups excluding carboxylic acids is 1. The van der Waals surface area contributed by atoms with Crippen molar-refractivity contribution in [2.75, 3.05) is 18.0 Å². The summed E-state index contributed by atoms with van der Waals surface area (Å²) >= 11 is 0. The molecule has 138 valence electrons. The summed E-state index contributed by atoms with van der Waals surface area (Å²) < 4.78 is 22.5. The highest BCUT2D eigenvalue weighted by molar-refractivity contribution is 7.89. The summed E-state index contributed by atoms with van der Waals surface area (Å²) in [5.41, 5.74) is 3.35. The van der Waals surface area contributed by atoms with E-state index in [1.165, 1.54) is 17.7 Å². The minimum atomic E-state index is -3.67. The van der Waals surface area contributed by atoms with E-state index in [9.17, 15) is 13.2 Å². The molecule has 0 unspecified atom stereocenters. The molecule has 0 radical (unpaired) electrons. The van der Waals surface area contributed by atoms with Gasteiger partial charge in [0.05, 0.1) is 4.90 Å². The van der Waals surface area contributed by atoms with Crippen LogP contribution in [0.1, 0.15) is 18.1 Å². The molecule has 1 aliphatic heterocycles. The van der Waals surface area contributed by atoms with Crippen LogP contribution in [0.25, 0.3) is 0 Å². The third-order valence-corrected chi connectivity index (χ3v) is 5.66. The molecule has 0 fully saturated rings. The van der Waals surface area contributed by atoms with Crippen LogP contribution in [0.2, 0.25) is 0 Å². The van der Waals surface area contributed by atoms with Gasteiger partial charge in [0.15, 0.2) is 0 Å². The summed E-state index contributed by atoms with van der Waals surface area (Å²) in [5, 5.41) is 8.04. The number of anilines is 1. The van der Waals surface area contributed by atoms with Gasteiger partial charge in [-0.05, 0) is 49.1 Å². The molecule has 3 N–H and O–H groups in total. The van der Waals surface area contributed by atoms with Crippen molar-refractivity contribution in [3.05, 3.63) is 59.7 Å². The van der Waals surface area contributed by atoms with Gasteiger partial charge in [-0.15, -0.1) is 0 Å². The minimum Gasteiger partial charge on any atom is -0.359 e. The Morgan fingerprint density at radius 3 is 2.58 bits per heavy atom. The van der Waals surface area contributed by atoms with Crippen molar-refractivity contribution < 1.29 is 13.2 Å². The van der Waals surface area contributed by atoms with E-state index >= 15 is 0 Å². The van der Waals surface area contributed by atoms with E-state index < -0.39 is 10.0 Å². The fourth-order valence-corrected chi connectivity index (χ4v) is 3.75. The molecule has 0 aromatic heterocycles. The number of amides is 1. The average molecular weight is 373 g/mol. The summed E-state index contributed by atoms with van der Waals surface area (Å²) in [5.74, 6) is -0.0112. The van der Waals surface area contributed by atoms with Crippen LogP contribution >= 0.6 is 0 Å². The maximum absolute atomic E-state index is 12.5. The van der Waals surface area contributed by atoms with E-state index in [2.05, 4.69) is 22.3 Å². The molecule has 7 heteroatoms. The predicted octanol–water partition coefficient (Wildman–Crippen LogP) is 1.44. The fraction of sp³-hybridized carbons (Fsp3) is 0.316. The first-order valence-corrected chi connectivity index (χ1v) is 10.1. The molecular weight excluding hydrogens is 350 g/mol. The summed E-state index contributed by atoms with van der Waals surface area (Å²) in [7, 11) is -3.67. The van der Waals surface area contributed by atoms with Crippen molar-refractivity contribution >= 4 is 21.6 Å². The fourth-order valence-electron chi connectivity index (χ4n) is 3.23. The molecule has 0 aliphatic carbocycles. The van der Waals surface area contributed by atoms with Gasteiger partial charge in [0, 0.05) is 18.8 Å². The topological polar surface area (TPSA) is 92.5 Å². The van der Waals surface area contributed by atoms with Crippen molar-refractivity contribution in [2.45, 2.75) is 30.7 Å². The Morgan fingerprint density at radius 2 is 1.88 bits per heavy atom. The Kier molecular flexibility index (Phi) is 5.29. The Hall–Kier alpha value is -2.38. The first-order chi connectivity index (χ1) is 12.4. The summed E-state index contributed by atoms with van der Waals surface area (Å²) in [6, 6.07) is 14.3. The molecule has 0 bridgehead atoms. The number of primary sulfonamides is 1. The molecule has 3 rings (SSSR count). The number of nitrogens with one attached hydrogen (secondary N) is 1. The molecule has 2 aromatic carbocycles. The quantitative estimate of drug-likeness (QED) is 0.801. The van der Waals surface area contributed by atoms with Gasteiger partial charge in [0.1, 0.15) is 6.04 Å². The Morgan fingerprint density at radius 1 is 1.19 bits per heavy atom. The van der Waals surface area contributed by atoms with Crippen LogP contribution in [0.4, 0.5) is 5.69 Å². The highest BCUT2D eigenvalue weighted by Gasteiger charge is 2.27. The van der Waals surface area contributed by atoms with E-state index in [1.807, 2.05) is 19.1 Å². The first-order valence-electron chi connectivity index (χ1n) is 8.60. The lowest BCUT2D eigenvalue weighted by Gasteiger charge is -2.26. The van der Waals surface area contributed by atoms with Gasteiger partial charge >= 0.3 is 0 Å². The van der Waals surface area contributed by atoms with Gasteiger partial charge in [0.2, 0.25) is 15.9 Å². The van der Waals surface area contributed by atoms with E-state index in [0.29, 0.717) is 13.0 Å². The molecule has 0 spiro atoms. The standard InChI is InChI=1S/C19H23N3O3S/c1-14(22-13-11-16-4-2-3-5-18(16)22)19(23)21-12-10-15-6-8-17(9-7-15)26(20,24)25/h2-9,14H,10-13H2,1H3,(H,21,23)(H2,20,24,25)/t14-/m1/s1. The average Bonchev–Trinajstić information content (AvgIpc) is 3.04. The monoisotopic (exact) mass is 373 g/mol. The molecular formula is C19H23N3O3S. The Balaban J connectivity index is 1.53. The zero-order valence-electron chi connectivity index (χ0n) is 14.7. The second-order valence-corrected chi connectivity index (χ2v) is 8.04. The van der Waals surface area contributed by atoms with Crippen LogP contribution in [-0.4, -0.2) is 33.5 Å². The van der Waals surface area contributed by atoms with Crippen molar-refractivity contribution in [3.63, 3.8) is 0 Å². The predicted molar refractivity (Wildman–Crippen MR) is 101 cm³/mol. The van der Waals surface area contributed by atoms with Gasteiger partial charge in [-0.1, -0.05) is 30.3 Å². The summed E-state index contributed by atoms with van der Waals surface area (Å²) in [4.78, 5) is 14.7. The number of sulfonamides is 1. The van der Waals surface area contributed by atoms with Crippen molar-refractivity contribution in [1.82, 2.24) is 5.32 Å². The van der Waals surface area contributed by atoms with Crippen molar-refractivity contribution in [1.29, 1.82) is 0 Å². The lowest BCUT2D eigenvalue weighted by molar-refractivity contribution is -0.122. The lowest BCUT2D eigenvalue weighted by Crippen LogP contribution is -2.45. The van der Waals surface area contributed by atoms with Crippen LogP contribution in [-0.2, 0) is 27.7 Å². The molecule has 0 saturated heterocycles. The maximum Gasteiger partial charge on any atom is 0.242 e. The third-order valence-electron chi connectivity index (χ3n) is 4.73. The van der Waals surface area contributed by atoms with E-state index in [0.717, 1.165) is 24.2 Å². The van der Waals surface area contributed by atoms with Crippen LogP contribution in [0, 0.1) is 0 Å². The van der Waals surface area contributed by atoms with E-state index in [4.69, 9.17) is 5.14 Å². The van der Waals surface area contributed by atoms with Gasteiger partial charge in [0.25, 0.3) is 0 Å². The SMILES string of the molecule is C[C@H](C(=O)NCCc1ccc(S(N)(=O)=O)cc1)N1CCc2ccccc21. The third kappa shape index (κ3) is 4.05. The normalized spacial score (nSPS) is 14.8. The molecule has 1 heterocycles. The number of nitrogens with zero attached hydrogens (tertiary/aromatic N) is 1. The van der Waals surface area contributed by atoms with Crippen LogP contribution in [0.15, 0.2) is 53.4 Å². The molecule has 1 amide bonds. The van der Waals surface area contributed by atoms with Crippen LogP contribution in [0.5, 0.6) is 0 Å². The zero-order valence-corrected chi connectivity index (χ0v) is 15.5. The second kappa shape index (κ2) is 7.47. The number of nitrogens with two attached hydrogens (primary N) is 1. The summed E-state index contributed by atoms with van der Waals surface area (Å²) in [6.45, 7) is 3.26. The van der Waals surface area contributed by atoms with Gasteiger partial charge in [-0.25, -0.2) is 13.6 Å². The molecule has 26 heavy (non-hydrogen) atoms. The minimum absolute atomic E-state index is 0.0112. The van der Waals surface area contributed by atoms with E-state index in [-0.39, 0.29) is 16.8 Å². The number of fused-ring (bicyclic) bond motifs is 1. The maximum atomic E-state index is 12.5. The number of rotatable bonds is 6. The Labute approximate surface area is 154 Å². The smallest absolute Gasteiger partial charge is 0.242 e. The van der Waals surface area contributed by atoms with Gasteiger partial charge in [-0.2, -0.15) is 0 Å². The largest absolute Gasteiger partial charge is 0.359 e. The lowest BCUT2D eigenvalue weighted by atomic mass is 10.1. The number of carbonyl (C=O) groups is 1. The number of para-hydroxylation sites is 1. The molecule has 6 nitrogen and oxygen atoms in total. The number of benzene rings is 2. The van der Waals surface area contributed by atoms with Gasteiger partial charge in [-0.3, -0.25) is 4.79 Å². The van der Waals surface area contributed by atoms with E-state index in [1.54, 1.807) is 12.1 Å². The summed E-state index contributed by atoms with van der Waals surface area (Å²) in [6.07, 6.45) is 1.59. The van der Waals surface area contributed by atoms with Crippen molar-refractivity contribution in [2.24, 2.45) is 5.14 Å². The molecule has 1 atom stereocenters. The molecule has 1 aliphatic rings. The first kappa shape index (κ1) is 18.4. The van der Waals surface area contributed by atoms with Crippen LogP contribution in [0.3, 0.4) is 0 Å². The highest BCUT2D eigenvalue weighted by atomic mass is 32.2. The molecule has 2 aromatic rings. The van der Waals surface area contributed by atoms with Gasteiger partial charge < -0.3 is 10.2 Å². The molecule has 0 saturated carbocycles.